The zero-order valence-corrected chi connectivity index (χ0v) is 9.36. The molecule has 88 valence electrons. The Bertz CT molecular complexity index is 226. The molecule has 5 heteroatoms. The van der Waals surface area contributed by atoms with Crippen molar-refractivity contribution >= 4 is 5.97 Å². The van der Waals surface area contributed by atoms with Gasteiger partial charge in [0.15, 0.2) is 5.79 Å². The van der Waals surface area contributed by atoms with Crippen LogP contribution in [0.25, 0.3) is 0 Å². The minimum Gasteiger partial charge on any atom is -0.481 e. The smallest absolute Gasteiger partial charge is 0.305 e. The van der Waals surface area contributed by atoms with Crippen LogP contribution in [0, 0.1) is 0 Å². The molecule has 1 aliphatic heterocycles. The molecule has 0 amide bonds. The molecule has 5 nitrogen and oxygen atoms in total. The summed E-state index contributed by atoms with van der Waals surface area (Å²) in [5.74, 6) is -1.59. The standard InChI is InChI=1S/C10H18O5/c1-10(2)14-7(5-9(11)12)4-8(15-10)6-13-3/h7-8H,4-6H2,1-3H3,(H,11,12). The van der Waals surface area contributed by atoms with Gasteiger partial charge in [0.25, 0.3) is 0 Å². The summed E-state index contributed by atoms with van der Waals surface area (Å²) >= 11 is 0. The van der Waals surface area contributed by atoms with Gasteiger partial charge in [-0.1, -0.05) is 0 Å². The number of methoxy groups -OCH3 is 1. The highest BCUT2D eigenvalue weighted by atomic mass is 16.7. The van der Waals surface area contributed by atoms with Crippen LogP contribution in [0.15, 0.2) is 0 Å². The van der Waals surface area contributed by atoms with Crippen LogP contribution >= 0.6 is 0 Å². The Kier molecular flexibility index (Phi) is 4.07. The first-order valence-corrected chi connectivity index (χ1v) is 4.99. The van der Waals surface area contributed by atoms with Crippen molar-refractivity contribution in [2.24, 2.45) is 0 Å². The molecule has 0 spiro atoms. The second-order valence-corrected chi connectivity index (χ2v) is 4.17. The van der Waals surface area contributed by atoms with Gasteiger partial charge < -0.3 is 19.3 Å². The lowest BCUT2D eigenvalue weighted by atomic mass is 10.1. The Labute approximate surface area is 89.3 Å². The lowest BCUT2D eigenvalue weighted by Gasteiger charge is -2.40. The largest absolute Gasteiger partial charge is 0.481 e. The molecule has 1 fully saturated rings. The van der Waals surface area contributed by atoms with E-state index in [1.807, 2.05) is 0 Å². The first-order valence-electron chi connectivity index (χ1n) is 4.99. The normalized spacial score (nSPS) is 30.1. The van der Waals surface area contributed by atoms with Gasteiger partial charge in [0, 0.05) is 13.5 Å². The molecular weight excluding hydrogens is 200 g/mol. The Morgan fingerprint density at radius 2 is 2.07 bits per heavy atom. The van der Waals surface area contributed by atoms with Gasteiger partial charge >= 0.3 is 5.97 Å². The van der Waals surface area contributed by atoms with Gasteiger partial charge in [-0.3, -0.25) is 4.79 Å². The highest BCUT2D eigenvalue weighted by Gasteiger charge is 2.36. The predicted molar refractivity (Wildman–Crippen MR) is 52.6 cm³/mol. The van der Waals surface area contributed by atoms with Crippen LogP contribution in [0.2, 0.25) is 0 Å². The summed E-state index contributed by atoms with van der Waals surface area (Å²) in [5.41, 5.74) is 0. The fourth-order valence-electron chi connectivity index (χ4n) is 1.83. The summed E-state index contributed by atoms with van der Waals surface area (Å²) in [6, 6.07) is 0. The Hall–Kier alpha value is -0.650. The number of ether oxygens (including phenoxy) is 3. The Morgan fingerprint density at radius 1 is 1.47 bits per heavy atom. The molecule has 1 aliphatic rings. The quantitative estimate of drug-likeness (QED) is 0.763. The maximum absolute atomic E-state index is 10.6. The summed E-state index contributed by atoms with van der Waals surface area (Å²) in [4.78, 5) is 10.6. The maximum atomic E-state index is 10.6. The van der Waals surface area contributed by atoms with Gasteiger partial charge in [0.1, 0.15) is 0 Å². The highest BCUT2D eigenvalue weighted by Crippen LogP contribution is 2.28. The molecule has 0 radical (unpaired) electrons. The van der Waals surface area contributed by atoms with Gasteiger partial charge in [0.05, 0.1) is 25.2 Å². The number of hydrogen-bond donors (Lipinski definition) is 1. The fourth-order valence-corrected chi connectivity index (χ4v) is 1.83. The molecule has 15 heavy (non-hydrogen) atoms. The summed E-state index contributed by atoms with van der Waals surface area (Å²) in [7, 11) is 1.60. The minimum absolute atomic E-state index is 0.00695. The van der Waals surface area contributed by atoms with Gasteiger partial charge in [-0.05, 0) is 13.8 Å². The topological polar surface area (TPSA) is 65.0 Å². The maximum Gasteiger partial charge on any atom is 0.305 e. The van der Waals surface area contributed by atoms with Crippen molar-refractivity contribution < 1.29 is 24.1 Å². The number of aliphatic carboxylic acids is 1. The Balaban J connectivity index is 2.55. The van der Waals surface area contributed by atoms with Crippen LogP contribution in [0.5, 0.6) is 0 Å². The number of carbonyl (C=O) groups is 1. The van der Waals surface area contributed by atoms with E-state index in [0.29, 0.717) is 13.0 Å². The van der Waals surface area contributed by atoms with Crippen molar-refractivity contribution in [3.8, 4) is 0 Å². The number of hydrogen-bond acceptors (Lipinski definition) is 4. The highest BCUT2D eigenvalue weighted by molar-refractivity contribution is 5.67. The Morgan fingerprint density at radius 3 is 2.60 bits per heavy atom. The summed E-state index contributed by atoms with van der Waals surface area (Å²) in [5, 5.41) is 8.70. The van der Waals surface area contributed by atoms with Crippen molar-refractivity contribution in [2.75, 3.05) is 13.7 Å². The zero-order valence-electron chi connectivity index (χ0n) is 9.36. The number of carboxylic acid groups (broad SMARTS) is 1. The third kappa shape index (κ3) is 4.15. The van der Waals surface area contributed by atoms with Crippen LogP contribution in [0.4, 0.5) is 0 Å². The van der Waals surface area contributed by atoms with Crippen LogP contribution in [0.1, 0.15) is 26.7 Å². The molecule has 1 N–H and O–H groups in total. The fraction of sp³-hybridized carbons (Fsp3) is 0.900. The van der Waals surface area contributed by atoms with Crippen LogP contribution in [-0.4, -0.2) is 42.8 Å². The van der Waals surface area contributed by atoms with Gasteiger partial charge in [-0.2, -0.15) is 0 Å². The van der Waals surface area contributed by atoms with Crippen molar-refractivity contribution in [1.29, 1.82) is 0 Å². The summed E-state index contributed by atoms with van der Waals surface area (Å²) in [6.45, 7) is 4.02. The molecule has 2 atom stereocenters. The molecule has 0 bridgehead atoms. The minimum atomic E-state index is -0.853. The van der Waals surface area contributed by atoms with Crippen molar-refractivity contribution in [3.63, 3.8) is 0 Å². The molecule has 1 heterocycles. The van der Waals surface area contributed by atoms with E-state index in [4.69, 9.17) is 19.3 Å². The second kappa shape index (κ2) is 4.92. The summed E-state index contributed by atoms with van der Waals surface area (Å²) in [6.07, 6.45) is 0.172. The van der Waals surface area contributed by atoms with E-state index in [1.165, 1.54) is 0 Å². The van der Waals surface area contributed by atoms with E-state index in [0.717, 1.165) is 0 Å². The van der Waals surface area contributed by atoms with Crippen LogP contribution in [0.3, 0.4) is 0 Å². The lowest BCUT2D eigenvalue weighted by molar-refractivity contribution is -0.304. The molecule has 0 aromatic rings. The van der Waals surface area contributed by atoms with E-state index in [-0.39, 0.29) is 18.6 Å². The summed E-state index contributed by atoms with van der Waals surface area (Å²) < 4.78 is 16.1. The molecule has 1 rings (SSSR count). The third-order valence-corrected chi connectivity index (χ3v) is 2.18. The SMILES string of the molecule is COCC1CC(CC(=O)O)OC(C)(C)O1. The number of rotatable bonds is 4. The molecular formula is C10H18O5. The zero-order chi connectivity index (χ0) is 11.5. The van der Waals surface area contributed by atoms with Crippen molar-refractivity contribution in [1.82, 2.24) is 0 Å². The first kappa shape index (κ1) is 12.4. The van der Waals surface area contributed by atoms with Gasteiger partial charge in [0.2, 0.25) is 0 Å². The van der Waals surface area contributed by atoms with Crippen molar-refractivity contribution in [3.05, 3.63) is 0 Å². The molecule has 2 unspecified atom stereocenters. The third-order valence-electron chi connectivity index (χ3n) is 2.18. The molecule has 0 saturated carbocycles. The van der Waals surface area contributed by atoms with Crippen LogP contribution < -0.4 is 0 Å². The molecule has 0 aliphatic carbocycles. The van der Waals surface area contributed by atoms with E-state index in [1.54, 1.807) is 21.0 Å². The van der Waals surface area contributed by atoms with E-state index in [9.17, 15) is 4.79 Å². The lowest BCUT2D eigenvalue weighted by Crippen LogP contribution is -2.46. The predicted octanol–water partition coefficient (Wildman–Crippen LogP) is 1.02. The average Bonchev–Trinajstić information content (AvgIpc) is 1.99. The average molecular weight is 218 g/mol. The van der Waals surface area contributed by atoms with Crippen LogP contribution in [-0.2, 0) is 19.0 Å². The van der Waals surface area contributed by atoms with E-state index >= 15 is 0 Å². The number of carboxylic acids is 1. The first-order chi connectivity index (χ1) is 6.93. The molecule has 1 saturated heterocycles. The second-order valence-electron chi connectivity index (χ2n) is 4.17. The molecule has 0 aromatic carbocycles. The van der Waals surface area contributed by atoms with E-state index in [2.05, 4.69) is 0 Å². The molecule has 0 aromatic heterocycles. The van der Waals surface area contributed by atoms with Gasteiger partial charge in [-0.15, -0.1) is 0 Å². The van der Waals surface area contributed by atoms with E-state index < -0.39 is 11.8 Å². The monoisotopic (exact) mass is 218 g/mol. The van der Waals surface area contributed by atoms with Crippen molar-refractivity contribution in [2.45, 2.75) is 44.7 Å². The van der Waals surface area contributed by atoms with Gasteiger partial charge in [-0.25, -0.2) is 0 Å².